The van der Waals surface area contributed by atoms with Crippen molar-refractivity contribution in [1.82, 2.24) is 0 Å². The Balaban J connectivity index is 1.85. The molecule has 2 aromatic carbocycles. The zero-order valence-electron chi connectivity index (χ0n) is 12.4. The van der Waals surface area contributed by atoms with Crippen molar-refractivity contribution in [2.45, 2.75) is 38.5 Å². The van der Waals surface area contributed by atoms with Crippen LogP contribution >= 0.6 is 0 Å². The highest BCUT2D eigenvalue weighted by Gasteiger charge is 2.32. The minimum Gasteiger partial charge on any atom is -0.294 e. The molecular weight excluding hydrogens is 256 g/mol. The monoisotopic (exact) mass is 276 g/mol. The van der Waals surface area contributed by atoms with E-state index in [1.807, 2.05) is 6.07 Å². The number of hydrogen-bond donors (Lipinski definition) is 0. The molecule has 0 heterocycles. The molecule has 21 heavy (non-hydrogen) atoms. The maximum absolute atomic E-state index is 12.3. The lowest BCUT2D eigenvalue weighted by molar-refractivity contribution is 0.0946. The van der Waals surface area contributed by atoms with Gasteiger partial charge >= 0.3 is 0 Å². The molecule has 0 amide bonds. The molecule has 0 saturated heterocycles. The molecular formula is C20H20O. The average molecular weight is 276 g/mol. The minimum atomic E-state index is 0.153. The molecule has 1 heteroatoms. The van der Waals surface area contributed by atoms with Gasteiger partial charge in [0.1, 0.15) is 0 Å². The first-order valence-electron chi connectivity index (χ1n) is 7.99. The third-order valence-electron chi connectivity index (χ3n) is 5.18. The zero-order valence-corrected chi connectivity index (χ0v) is 12.4. The van der Waals surface area contributed by atoms with Crippen LogP contribution in [0.2, 0.25) is 0 Å². The first-order chi connectivity index (χ1) is 10.3. The van der Waals surface area contributed by atoms with Crippen LogP contribution in [0.1, 0.15) is 58.3 Å². The van der Waals surface area contributed by atoms with Crippen molar-refractivity contribution in [2.75, 3.05) is 0 Å². The van der Waals surface area contributed by atoms with Crippen LogP contribution < -0.4 is 0 Å². The summed E-state index contributed by atoms with van der Waals surface area (Å²) in [7, 11) is 0. The number of aryl methyl sites for hydroxylation is 1. The largest absolute Gasteiger partial charge is 0.294 e. The molecule has 0 saturated carbocycles. The van der Waals surface area contributed by atoms with Gasteiger partial charge in [0.2, 0.25) is 0 Å². The number of hydrogen-bond acceptors (Lipinski definition) is 1. The third-order valence-corrected chi connectivity index (χ3v) is 5.18. The highest BCUT2D eigenvalue weighted by Crippen LogP contribution is 2.41. The van der Waals surface area contributed by atoms with Gasteiger partial charge in [-0.15, -0.1) is 0 Å². The summed E-state index contributed by atoms with van der Waals surface area (Å²) < 4.78 is 0. The fourth-order valence-electron chi connectivity index (χ4n) is 4.13. The normalized spacial score (nSPS) is 23.8. The lowest BCUT2D eigenvalue weighted by Crippen LogP contribution is -2.12. The Labute approximate surface area is 126 Å². The summed E-state index contributed by atoms with van der Waals surface area (Å²) in [4.78, 5) is 12.3. The molecule has 0 spiro atoms. The molecule has 0 aromatic heterocycles. The first kappa shape index (κ1) is 12.8. The van der Waals surface area contributed by atoms with Crippen molar-refractivity contribution < 1.29 is 4.79 Å². The predicted molar refractivity (Wildman–Crippen MR) is 84.9 cm³/mol. The molecule has 4 rings (SSSR count). The highest BCUT2D eigenvalue weighted by molar-refractivity contribution is 6.02. The quantitative estimate of drug-likeness (QED) is 0.748. The second kappa shape index (κ2) is 4.84. The van der Waals surface area contributed by atoms with E-state index in [4.69, 9.17) is 0 Å². The highest BCUT2D eigenvalue weighted by atomic mass is 16.1. The van der Waals surface area contributed by atoms with Gasteiger partial charge in [-0.1, -0.05) is 49.4 Å². The van der Waals surface area contributed by atoms with Gasteiger partial charge in [-0.3, -0.25) is 4.79 Å². The smallest absolute Gasteiger partial charge is 0.166 e. The second-order valence-electron chi connectivity index (χ2n) is 6.49. The van der Waals surface area contributed by atoms with E-state index in [0.717, 1.165) is 12.0 Å². The lowest BCUT2D eigenvalue weighted by Gasteiger charge is -2.27. The summed E-state index contributed by atoms with van der Waals surface area (Å²) in [6, 6.07) is 15.2. The van der Waals surface area contributed by atoms with E-state index in [0.29, 0.717) is 11.7 Å². The van der Waals surface area contributed by atoms with E-state index in [1.165, 1.54) is 41.5 Å². The molecule has 2 aliphatic rings. The number of Topliss-reactive ketones (excluding diaryl/α,β-unsaturated/α-hetero) is 1. The molecule has 2 unspecified atom stereocenters. The molecule has 1 nitrogen and oxygen atoms in total. The molecule has 2 aliphatic carbocycles. The van der Waals surface area contributed by atoms with Gasteiger partial charge in [0.05, 0.1) is 0 Å². The van der Waals surface area contributed by atoms with Gasteiger partial charge < -0.3 is 0 Å². The molecule has 0 bridgehead atoms. The fraction of sp³-hybridized carbons (Fsp3) is 0.350. The molecule has 0 radical (unpaired) electrons. The van der Waals surface area contributed by atoms with Gasteiger partial charge in [0, 0.05) is 17.4 Å². The van der Waals surface area contributed by atoms with Crippen molar-refractivity contribution in [3.63, 3.8) is 0 Å². The van der Waals surface area contributed by atoms with Gasteiger partial charge in [-0.05, 0) is 47.9 Å². The Morgan fingerprint density at radius 1 is 1.00 bits per heavy atom. The summed E-state index contributed by atoms with van der Waals surface area (Å²) in [6.45, 7) is 2.06. The van der Waals surface area contributed by atoms with E-state index < -0.39 is 0 Å². The number of carbonyl (C=O) groups excluding carboxylic acids is 1. The topological polar surface area (TPSA) is 17.1 Å². The van der Waals surface area contributed by atoms with Crippen LogP contribution in [0.5, 0.6) is 0 Å². The van der Waals surface area contributed by atoms with Crippen LogP contribution in [0, 0.1) is 5.92 Å². The van der Waals surface area contributed by atoms with Crippen molar-refractivity contribution in [3.8, 4) is 0 Å². The Morgan fingerprint density at radius 2 is 1.81 bits per heavy atom. The molecule has 2 aromatic rings. The van der Waals surface area contributed by atoms with E-state index >= 15 is 0 Å². The zero-order chi connectivity index (χ0) is 14.4. The minimum absolute atomic E-state index is 0.153. The summed E-state index contributed by atoms with van der Waals surface area (Å²) >= 11 is 0. The van der Waals surface area contributed by atoms with Crippen molar-refractivity contribution in [3.05, 3.63) is 70.3 Å². The predicted octanol–water partition coefficient (Wildman–Crippen LogP) is 4.53. The number of benzene rings is 2. The Kier molecular flexibility index (Phi) is 2.95. The number of ketones is 1. The molecule has 0 fully saturated rings. The number of carbonyl (C=O) groups is 1. The standard InChI is InChI=1S/C20H20O/c1-13-12-19-17(10-5-11-18(19)20(13)21)16-9-4-7-14-6-2-3-8-15(14)16/h2-3,5-6,8,10-11,13,16H,4,7,9,12H2,1H3. The van der Waals surface area contributed by atoms with E-state index in [2.05, 4.69) is 43.3 Å². The van der Waals surface area contributed by atoms with Gasteiger partial charge in [0.25, 0.3) is 0 Å². The molecule has 2 atom stereocenters. The first-order valence-corrected chi connectivity index (χ1v) is 7.99. The van der Waals surface area contributed by atoms with Gasteiger partial charge in [-0.25, -0.2) is 0 Å². The van der Waals surface area contributed by atoms with Crippen molar-refractivity contribution in [1.29, 1.82) is 0 Å². The van der Waals surface area contributed by atoms with Crippen LogP contribution in [-0.2, 0) is 12.8 Å². The summed E-state index contributed by atoms with van der Waals surface area (Å²) in [5, 5.41) is 0. The maximum Gasteiger partial charge on any atom is 0.166 e. The summed E-state index contributed by atoms with van der Waals surface area (Å²) in [5.41, 5.74) is 6.66. The van der Waals surface area contributed by atoms with Crippen LogP contribution in [0.3, 0.4) is 0 Å². The summed E-state index contributed by atoms with van der Waals surface area (Å²) in [5.74, 6) is 0.957. The van der Waals surface area contributed by atoms with Crippen LogP contribution in [-0.4, -0.2) is 5.78 Å². The second-order valence-corrected chi connectivity index (χ2v) is 6.49. The average Bonchev–Trinajstić information content (AvgIpc) is 2.82. The van der Waals surface area contributed by atoms with Gasteiger partial charge in [0.15, 0.2) is 5.78 Å². The third kappa shape index (κ3) is 1.95. The lowest BCUT2D eigenvalue weighted by atomic mass is 9.77. The van der Waals surface area contributed by atoms with E-state index in [1.54, 1.807) is 0 Å². The Morgan fingerprint density at radius 3 is 2.71 bits per heavy atom. The maximum atomic E-state index is 12.3. The van der Waals surface area contributed by atoms with Crippen molar-refractivity contribution in [2.24, 2.45) is 5.92 Å². The van der Waals surface area contributed by atoms with Crippen molar-refractivity contribution >= 4 is 5.78 Å². The van der Waals surface area contributed by atoms with E-state index in [9.17, 15) is 4.79 Å². The van der Waals surface area contributed by atoms with E-state index in [-0.39, 0.29) is 5.92 Å². The number of fused-ring (bicyclic) bond motifs is 2. The van der Waals surface area contributed by atoms with Crippen LogP contribution in [0.25, 0.3) is 0 Å². The fourth-order valence-corrected chi connectivity index (χ4v) is 4.13. The Hall–Kier alpha value is -1.89. The van der Waals surface area contributed by atoms with Crippen LogP contribution in [0.15, 0.2) is 42.5 Å². The Bertz CT molecular complexity index is 714. The molecule has 0 aliphatic heterocycles. The van der Waals surface area contributed by atoms with Crippen LogP contribution in [0.4, 0.5) is 0 Å². The summed E-state index contributed by atoms with van der Waals surface area (Å²) in [6.07, 6.45) is 4.56. The van der Waals surface area contributed by atoms with Gasteiger partial charge in [-0.2, -0.15) is 0 Å². The SMILES string of the molecule is CC1Cc2c(cccc2C2CCCc3ccccc32)C1=O. The molecule has 0 N–H and O–H groups in total. The number of rotatable bonds is 1. The molecule has 106 valence electrons.